The second-order valence-corrected chi connectivity index (χ2v) is 6.71. The van der Waals surface area contributed by atoms with Crippen LogP contribution in [0, 0.1) is 0 Å². The van der Waals surface area contributed by atoms with Crippen LogP contribution in [-0.2, 0) is 6.42 Å². The minimum atomic E-state index is -2.93. The first-order chi connectivity index (χ1) is 13.6. The zero-order valence-electron chi connectivity index (χ0n) is 14.9. The summed E-state index contributed by atoms with van der Waals surface area (Å²) in [6.45, 7) is -2.93. The molecule has 0 atom stereocenters. The minimum absolute atomic E-state index is 0.0781. The van der Waals surface area contributed by atoms with E-state index in [9.17, 15) is 13.6 Å². The van der Waals surface area contributed by atoms with E-state index in [-0.39, 0.29) is 11.4 Å². The van der Waals surface area contributed by atoms with Gasteiger partial charge >= 0.3 is 6.61 Å². The Kier molecular flexibility index (Phi) is 5.06. The van der Waals surface area contributed by atoms with E-state index in [4.69, 9.17) is 4.52 Å². The molecule has 0 aliphatic heterocycles. The number of benzene rings is 2. The number of alkyl halides is 2. The van der Waals surface area contributed by atoms with E-state index in [2.05, 4.69) is 15.2 Å². The maximum Gasteiger partial charge on any atom is 0.387 e. The van der Waals surface area contributed by atoms with Gasteiger partial charge in [0, 0.05) is 29.7 Å². The maximum absolute atomic E-state index is 12.7. The van der Waals surface area contributed by atoms with Crippen molar-refractivity contribution in [3.05, 3.63) is 77.2 Å². The number of amides is 1. The molecule has 5 nitrogen and oxygen atoms in total. The van der Waals surface area contributed by atoms with Crippen LogP contribution in [-0.4, -0.2) is 17.7 Å². The van der Waals surface area contributed by atoms with Crippen molar-refractivity contribution in [2.24, 2.45) is 0 Å². The Labute approximate surface area is 160 Å². The molecule has 144 valence electrons. The van der Waals surface area contributed by atoms with E-state index in [1.165, 1.54) is 12.1 Å². The molecule has 7 heteroatoms. The summed E-state index contributed by atoms with van der Waals surface area (Å²) in [5.41, 5.74) is 2.15. The number of nitrogens with zero attached hydrogens (tertiary/aromatic N) is 1. The van der Waals surface area contributed by atoms with Crippen LogP contribution in [0.1, 0.15) is 46.1 Å². The molecule has 1 aliphatic rings. The molecule has 0 spiro atoms. The van der Waals surface area contributed by atoms with Gasteiger partial charge in [0.1, 0.15) is 11.5 Å². The first-order valence-corrected chi connectivity index (χ1v) is 8.98. The largest absolute Gasteiger partial charge is 0.435 e. The van der Waals surface area contributed by atoms with Gasteiger partial charge in [-0.1, -0.05) is 35.5 Å². The van der Waals surface area contributed by atoms with E-state index in [0.29, 0.717) is 23.6 Å². The quantitative estimate of drug-likeness (QED) is 0.623. The molecule has 1 aliphatic carbocycles. The van der Waals surface area contributed by atoms with E-state index in [1.54, 1.807) is 12.1 Å². The molecule has 1 heterocycles. The monoisotopic (exact) mass is 384 g/mol. The molecule has 1 saturated carbocycles. The van der Waals surface area contributed by atoms with Crippen molar-refractivity contribution in [1.29, 1.82) is 0 Å². The summed E-state index contributed by atoms with van der Waals surface area (Å²) in [6.07, 6.45) is 2.48. The fourth-order valence-corrected chi connectivity index (χ4v) is 2.97. The Morgan fingerprint density at radius 3 is 2.68 bits per heavy atom. The van der Waals surface area contributed by atoms with E-state index < -0.39 is 12.5 Å². The highest BCUT2D eigenvalue weighted by atomic mass is 19.3. The molecule has 0 unspecified atom stereocenters. The van der Waals surface area contributed by atoms with Crippen molar-refractivity contribution >= 4 is 11.6 Å². The molecule has 1 fully saturated rings. The summed E-state index contributed by atoms with van der Waals surface area (Å²) in [7, 11) is 0. The van der Waals surface area contributed by atoms with Crippen LogP contribution in [0.4, 0.5) is 14.5 Å². The second-order valence-electron chi connectivity index (χ2n) is 6.71. The van der Waals surface area contributed by atoms with Crippen molar-refractivity contribution in [2.75, 3.05) is 5.32 Å². The zero-order valence-corrected chi connectivity index (χ0v) is 14.9. The molecule has 4 rings (SSSR count). The highest BCUT2D eigenvalue weighted by molar-refractivity contribution is 6.02. The molecule has 3 aromatic rings. The molecule has 28 heavy (non-hydrogen) atoms. The Morgan fingerprint density at radius 2 is 1.96 bits per heavy atom. The Hall–Kier alpha value is -3.22. The van der Waals surface area contributed by atoms with Gasteiger partial charge in [-0.05, 0) is 36.6 Å². The smallest absolute Gasteiger partial charge is 0.387 e. The Balaban J connectivity index is 1.54. The summed E-state index contributed by atoms with van der Waals surface area (Å²) in [5, 5.41) is 6.54. The lowest BCUT2D eigenvalue weighted by Crippen LogP contribution is -2.13. The number of nitrogens with one attached hydrogen (secondary N) is 1. The predicted octanol–water partition coefficient (Wildman–Crippen LogP) is 5.00. The number of carbonyl (C=O) groups excluding carboxylic acids is 1. The minimum Gasteiger partial charge on any atom is -0.435 e. The number of halogens is 2. The standard InChI is InChI=1S/C21H18F2N2O3/c22-21(23)27-18-9-8-16(11-15(18)10-13-4-2-1-3-5-13)24-20(26)17-12-19(28-25-17)14-6-7-14/h1-5,8-9,11-12,14,21H,6-7,10H2,(H,24,26). The van der Waals surface area contributed by atoms with Crippen LogP contribution < -0.4 is 10.1 Å². The van der Waals surface area contributed by atoms with Crippen molar-refractivity contribution in [1.82, 2.24) is 5.16 Å². The SMILES string of the molecule is O=C(Nc1ccc(OC(F)F)c(Cc2ccccc2)c1)c1cc(C2CC2)on1. The van der Waals surface area contributed by atoms with E-state index in [0.717, 1.165) is 24.2 Å². The number of hydrogen-bond acceptors (Lipinski definition) is 4. The fraction of sp³-hybridized carbons (Fsp3) is 0.238. The summed E-state index contributed by atoms with van der Waals surface area (Å²) in [6, 6.07) is 15.6. The van der Waals surface area contributed by atoms with Gasteiger partial charge in [-0.15, -0.1) is 0 Å². The Morgan fingerprint density at radius 1 is 1.18 bits per heavy atom. The molecular formula is C21H18F2N2O3. The third-order valence-corrected chi connectivity index (χ3v) is 4.51. The van der Waals surface area contributed by atoms with Gasteiger partial charge in [-0.3, -0.25) is 4.79 Å². The molecule has 0 radical (unpaired) electrons. The van der Waals surface area contributed by atoms with Gasteiger partial charge in [0.2, 0.25) is 0 Å². The summed E-state index contributed by atoms with van der Waals surface area (Å²) in [4.78, 5) is 12.4. The maximum atomic E-state index is 12.7. The highest BCUT2D eigenvalue weighted by Crippen LogP contribution is 2.40. The molecular weight excluding hydrogens is 366 g/mol. The molecule has 2 aromatic carbocycles. The van der Waals surface area contributed by atoms with Gasteiger partial charge < -0.3 is 14.6 Å². The second kappa shape index (κ2) is 7.80. The first kappa shape index (κ1) is 18.2. The van der Waals surface area contributed by atoms with Crippen molar-refractivity contribution < 1.29 is 22.8 Å². The van der Waals surface area contributed by atoms with Crippen molar-refractivity contribution in [3.8, 4) is 5.75 Å². The van der Waals surface area contributed by atoms with E-state index in [1.807, 2.05) is 30.3 Å². The average molecular weight is 384 g/mol. The lowest BCUT2D eigenvalue weighted by atomic mass is 10.0. The highest BCUT2D eigenvalue weighted by Gasteiger charge is 2.29. The van der Waals surface area contributed by atoms with Gasteiger partial charge in [0.25, 0.3) is 5.91 Å². The summed E-state index contributed by atoms with van der Waals surface area (Å²) >= 11 is 0. The Bertz CT molecular complexity index is 969. The molecule has 1 amide bonds. The number of anilines is 1. The molecule has 1 N–H and O–H groups in total. The number of rotatable bonds is 7. The predicted molar refractivity (Wildman–Crippen MR) is 98.8 cm³/mol. The third-order valence-electron chi connectivity index (χ3n) is 4.51. The van der Waals surface area contributed by atoms with Crippen LogP contribution in [0.3, 0.4) is 0 Å². The van der Waals surface area contributed by atoms with Crippen LogP contribution in [0.15, 0.2) is 59.1 Å². The van der Waals surface area contributed by atoms with Gasteiger partial charge in [-0.25, -0.2) is 0 Å². The summed E-state index contributed by atoms with van der Waals surface area (Å²) < 4.78 is 35.3. The molecule has 1 aromatic heterocycles. The molecule has 0 bridgehead atoms. The lowest BCUT2D eigenvalue weighted by molar-refractivity contribution is -0.0503. The average Bonchev–Trinajstić information content (AvgIpc) is 3.41. The number of ether oxygens (including phenoxy) is 1. The van der Waals surface area contributed by atoms with Gasteiger partial charge in [-0.2, -0.15) is 8.78 Å². The van der Waals surface area contributed by atoms with Crippen molar-refractivity contribution in [2.45, 2.75) is 31.8 Å². The summed E-state index contributed by atoms with van der Waals surface area (Å²) in [5.74, 6) is 0.742. The normalized spacial score (nSPS) is 13.5. The van der Waals surface area contributed by atoms with Crippen LogP contribution in [0.2, 0.25) is 0 Å². The van der Waals surface area contributed by atoms with Crippen LogP contribution in [0.25, 0.3) is 0 Å². The van der Waals surface area contributed by atoms with Gasteiger partial charge in [0.15, 0.2) is 5.69 Å². The van der Waals surface area contributed by atoms with E-state index >= 15 is 0 Å². The fourth-order valence-electron chi connectivity index (χ4n) is 2.97. The van der Waals surface area contributed by atoms with Gasteiger partial charge in [0.05, 0.1) is 0 Å². The third kappa shape index (κ3) is 4.36. The number of carbonyl (C=O) groups is 1. The lowest BCUT2D eigenvalue weighted by Gasteiger charge is -2.13. The topological polar surface area (TPSA) is 64.4 Å². The number of hydrogen-bond donors (Lipinski definition) is 1. The number of aromatic nitrogens is 1. The van der Waals surface area contributed by atoms with Crippen LogP contribution >= 0.6 is 0 Å². The zero-order chi connectivity index (χ0) is 19.5. The first-order valence-electron chi connectivity index (χ1n) is 8.98. The van der Waals surface area contributed by atoms with Crippen LogP contribution in [0.5, 0.6) is 5.75 Å². The van der Waals surface area contributed by atoms with Crippen molar-refractivity contribution in [3.63, 3.8) is 0 Å². The molecule has 0 saturated heterocycles.